The first-order valence-electron chi connectivity index (χ1n) is 10.7. The average molecular weight is 531 g/mol. The number of halogens is 1. The molecule has 170 valence electrons. The van der Waals surface area contributed by atoms with E-state index >= 15 is 0 Å². The van der Waals surface area contributed by atoms with Gasteiger partial charge in [0, 0.05) is 56.6 Å². The zero-order chi connectivity index (χ0) is 20.6. The van der Waals surface area contributed by atoms with Crippen molar-refractivity contribution >= 4 is 35.6 Å². The molecule has 0 aromatic heterocycles. The Morgan fingerprint density at radius 2 is 1.60 bits per heavy atom. The second-order valence-electron chi connectivity index (χ2n) is 8.18. The first-order chi connectivity index (χ1) is 14.1. The molecule has 7 nitrogen and oxygen atoms in total. The predicted molar refractivity (Wildman–Crippen MR) is 135 cm³/mol. The summed E-state index contributed by atoms with van der Waals surface area (Å²) in [6.07, 6.45) is 4.69. The number of hydrogen-bond donors (Lipinski definition) is 2. The molecule has 0 atom stereocenters. The summed E-state index contributed by atoms with van der Waals surface area (Å²) in [5, 5.41) is 7.17. The van der Waals surface area contributed by atoms with Gasteiger partial charge in [0.05, 0.1) is 14.2 Å². The van der Waals surface area contributed by atoms with E-state index in [-0.39, 0.29) is 24.0 Å². The minimum absolute atomic E-state index is 0. The van der Waals surface area contributed by atoms with Crippen LogP contribution in [0.4, 0.5) is 5.69 Å². The fraction of sp³-hybridized carbons (Fsp3) is 0.682. The molecule has 2 fully saturated rings. The summed E-state index contributed by atoms with van der Waals surface area (Å²) in [5.74, 6) is 3.34. The van der Waals surface area contributed by atoms with Crippen LogP contribution in [-0.2, 0) is 0 Å². The summed E-state index contributed by atoms with van der Waals surface area (Å²) in [7, 11) is 7.46. The lowest BCUT2D eigenvalue weighted by molar-refractivity contribution is 0.220. The first kappa shape index (κ1) is 24.8. The molecule has 30 heavy (non-hydrogen) atoms. The number of likely N-dealkylation sites (tertiary alicyclic amines) is 1. The largest absolute Gasteiger partial charge is 0.497 e. The fourth-order valence-electron chi connectivity index (χ4n) is 4.15. The Kier molecular flexibility index (Phi) is 10.3. The summed E-state index contributed by atoms with van der Waals surface area (Å²) in [5.41, 5.74) is 1.16. The van der Waals surface area contributed by atoms with Gasteiger partial charge in [-0.1, -0.05) is 0 Å². The van der Waals surface area contributed by atoms with Crippen molar-refractivity contribution in [2.24, 2.45) is 10.9 Å². The van der Waals surface area contributed by atoms with Crippen molar-refractivity contribution in [1.29, 1.82) is 0 Å². The SMILES string of the molecule is CN=C(NCC1CCN(C)CC1)NC1CCN(c2cc(OC)cc(OC)c2)CC1.I. The number of benzene rings is 1. The third kappa shape index (κ3) is 7.08. The van der Waals surface area contributed by atoms with E-state index in [2.05, 4.69) is 44.6 Å². The van der Waals surface area contributed by atoms with Crippen LogP contribution in [0.5, 0.6) is 11.5 Å². The van der Waals surface area contributed by atoms with Gasteiger partial charge in [0.15, 0.2) is 5.96 Å². The molecule has 2 aliphatic heterocycles. The molecule has 0 spiro atoms. The van der Waals surface area contributed by atoms with Crippen molar-refractivity contribution in [2.45, 2.75) is 31.7 Å². The highest BCUT2D eigenvalue weighted by molar-refractivity contribution is 14.0. The molecular weight excluding hydrogens is 493 g/mol. The zero-order valence-electron chi connectivity index (χ0n) is 18.8. The van der Waals surface area contributed by atoms with Crippen molar-refractivity contribution in [3.63, 3.8) is 0 Å². The van der Waals surface area contributed by atoms with Gasteiger partial charge in [0.1, 0.15) is 11.5 Å². The first-order valence-corrected chi connectivity index (χ1v) is 10.7. The maximum Gasteiger partial charge on any atom is 0.191 e. The molecule has 0 saturated carbocycles. The molecule has 2 heterocycles. The maximum absolute atomic E-state index is 5.41. The van der Waals surface area contributed by atoms with Gasteiger partial charge in [-0.25, -0.2) is 0 Å². The van der Waals surface area contributed by atoms with Crippen molar-refractivity contribution < 1.29 is 9.47 Å². The van der Waals surface area contributed by atoms with Gasteiger partial charge in [-0.05, 0) is 51.7 Å². The van der Waals surface area contributed by atoms with Crippen molar-refractivity contribution in [3.8, 4) is 11.5 Å². The normalized spacial score (nSPS) is 19.2. The van der Waals surface area contributed by atoms with E-state index < -0.39 is 0 Å². The molecule has 8 heteroatoms. The van der Waals surface area contributed by atoms with Crippen molar-refractivity contribution in [1.82, 2.24) is 15.5 Å². The number of nitrogens with zero attached hydrogens (tertiary/aromatic N) is 3. The lowest BCUT2D eigenvalue weighted by Gasteiger charge is -2.35. The van der Waals surface area contributed by atoms with Crippen LogP contribution in [0.15, 0.2) is 23.2 Å². The number of methoxy groups -OCH3 is 2. The van der Waals surface area contributed by atoms with E-state index in [1.807, 2.05) is 13.1 Å². The summed E-state index contributed by atoms with van der Waals surface area (Å²) in [4.78, 5) is 9.25. The minimum atomic E-state index is 0. The van der Waals surface area contributed by atoms with Crippen LogP contribution < -0.4 is 25.0 Å². The lowest BCUT2D eigenvalue weighted by Crippen LogP contribution is -2.50. The fourth-order valence-corrected chi connectivity index (χ4v) is 4.15. The Morgan fingerprint density at radius 3 is 2.13 bits per heavy atom. The standard InChI is InChI=1S/C22H37N5O2.HI/c1-23-22(24-16-17-5-9-26(2)10-6-17)25-18-7-11-27(12-8-18)19-13-20(28-3)15-21(14-19)29-4;/h13-15,17-18H,5-12,16H2,1-4H3,(H2,23,24,25);1H. The average Bonchev–Trinajstić information content (AvgIpc) is 2.77. The molecule has 2 saturated heterocycles. The highest BCUT2D eigenvalue weighted by Gasteiger charge is 2.22. The zero-order valence-corrected chi connectivity index (χ0v) is 21.1. The van der Waals surface area contributed by atoms with Crippen molar-refractivity contribution in [2.75, 3.05) is 65.9 Å². The molecule has 2 aliphatic rings. The molecule has 0 unspecified atom stereocenters. The number of ether oxygens (including phenoxy) is 2. The molecule has 0 amide bonds. The van der Waals surface area contributed by atoms with Gasteiger partial charge in [-0.15, -0.1) is 24.0 Å². The summed E-state index contributed by atoms with van der Waals surface area (Å²) in [6, 6.07) is 6.52. The summed E-state index contributed by atoms with van der Waals surface area (Å²) in [6.45, 7) is 5.41. The van der Waals surface area contributed by atoms with Crippen LogP contribution in [0.25, 0.3) is 0 Å². The van der Waals surface area contributed by atoms with Crippen LogP contribution in [0.3, 0.4) is 0 Å². The van der Waals surface area contributed by atoms with Gasteiger partial charge < -0.3 is 29.9 Å². The van der Waals surface area contributed by atoms with E-state index in [9.17, 15) is 0 Å². The van der Waals surface area contributed by atoms with Crippen LogP contribution >= 0.6 is 24.0 Å². The Labute approximate surface area is 198 Å². The minimum Gasteiger partial charge on any atom is -0.497 e. The van der Waals surface area contributed by atoms with Gasteiger partial charge in [0.25, 0.3) is 0 Å². The summed E-state index contributed by atoms with van der Waals surface area (Å²) < 4.78 is 10.8. The monoisotopic (exact) mass is 531 g/mol. The number of piperidine rings is 2. The molecule has 2 N–H and O–H groups in total. The second-order valence-corrected chi connectivity index (χ2v) is 8.18. The smallest absolute Gasteiger partial charge is 0.191 e. The molecule has 3 rings (SSSR count). The van der Waals surface area contributed by atoms with Crippen molar-refractivity contribution in [3.05, 3.63) is 18.2 Å². The number of anilines is 1. The topological polar surface area (TPSA) is 61.4 Å². The summed E-state index contributed by atoms with van der Waals surface area (Å²) >= 11 is 0. The van der Waals surface area contributed by atoms with E-state index in [4.69, 9.17) is 9.47 Å². The molecule has 0 radical (unpaired) electrons. The molecule has 0 bridgehead atoms. The van der Waals surface area contributed by atoms with E-state index in [0.717, 1.165) is 61.5 Å². The number of hydrogen-bond acceptors (Lipinski definition) is 5. The van der Waals surface area contributed by atoms with E-state index in [0.29, 0.717) is 6.04 Å². The number of guanidine groups is 1. The Balaban J connectivity index is 0.00000320. The van der Waals surface area contributed by atoms with Crippen LogP contribution in [0.2, 0.25) is 0 Å². The van der Waals surface area contributed by atoms with E-state index in [1.54, 1.807) is 14.2 Å². The highest BCUT2D eigenvalue weighted by atomic mass is 127. The van der Waals surface area contributed by atoms with Crippen LogP contribution in [0.1, 0.15) is 25.7 Å². The van der Waals surface area contributed by atoms with Gasteiger partial charge in [0.2, 0.25) is 0 Å². The van der Waals surface area contributed by atoms with Crippen LogP contribution in [0, 0.1) is 5.92 Å². The highest BCUT2D eigenvalue weighted by Crippen LogP contribution is 2.30. The number of aliphatic imine (C=N–C) groups is 1. The lowest BCUT2D eigenvalue weighted by atomic mass is 9.97. The van der Waals surface area contributed by atoms with Gasteiger partial charge >= 0.3 is 0 Å². The predicted octanol–water partition coefficient (Wildman–Crippen LogP) is 2.80. The molecule has 1 aromatic rings. The van der Waals surface area contributed by atoms with Gasteiger partial charge in [-0.2, -0.15) is 0 Å². The third-order valence-electron chi connectivity index (χ3n) is 6.16. The van der Waals surface area contributed by atoms with Crippen LogP contribution in [-0.4, -0.2) is 77.9 Å². The second kappa shape index (κ2) is 12.4. The van der Waals surface area contributed by atoms with E-state index in [1.165, 1.54) is 25.9 Å². The Hall–Kier alpha value is -1.42. The Morgan fingerprint density at radius 1 is 1.00 bits per heavy atom. The number of nitrogens with one attached hydrogen (secondary N) is 2. The van der Waals surface area contributed by atoms with Gasteiger partial charge in [-0.3, -0.25) is 4.99 Å². The molecular formula is C22H38IN5O2. The molecule has 1 aromatic carbocycles. The molecule has 0 aliphatic carbocycles. The maximum atomic E-state index is 5.41. The third-order valence-corrected chi connectivity index (χ3v) is 6.16. The Bertz CT molecular complexity index is 649. The quantitative estimate of drug-likeness (QED) is 0.335. The number of rotatable bonds is 6.